The summed E-state index contributed by atoms with van der Waals surface area (Å²) >= 11 is 12.3. The number of nitrogens with zero attached hydrogens (tertiary/aromatic N) is 2. The maximum Gasteiger partial charge on any atom is 0.229 e. The van der Waals surface area contributed by atoms with E-state index in [0.717, 1.165) is 29.7 Å². The van der Waals surface area contributed by atoms with E-state index in [4.69, 9.17) is 27.9 Å². The van der Waals surface area contributed by atoms with Crippen molar-refractivity contribution in [3.63, 3.8) is 0 Å². The van der Waals surface area contributed by atoms with Crippen LogP contribution in [-0.2, 0) is 4.74 Å². The number of anilines is 3. The number of ether oxygens (including phenoxy) is 1. The molecule has 7 heteroatoms. The number of hydrogen-bond donors (Lipinski definition) is 2. The van der Waals surface area contributed by atoms with E-state index in [2.05, 4.69) is 20.6 Å². The Hall–Kier alpha value is -2.08. The van der Waals surface area contributed by atoms with Gasteiger partial charge in [0.25, 0.3) is 0 Å². The lowest BCUT2D eigenvalue weighted by atomic mass is 10.2. The number of para-hydroxylation sites is 1. The second kappa shape index (κ2) is 8.34. The zero-order chi connectivity index (χ0) is 17.6. The molecular formula is C18H18Cl2N4O. The molecule has 0 radical (unpaired) electrons. The molecule has 0 aliphatic heterocycles. The van der Waals surface area contributed by atoms with Crippen LogP contribution in [0.25, 0.3) is 10.9 Å². The van der Waals surface area contributed by atoms with Crippen LogP contribution in [0.4, 0.5) is 17.5 Å². The van der Waals surface area contributed by atoms with E-state index in [0.29, 0.717) is 28.3 Å². The van der Waals surface area contributed by atoms with Crippen molar-refractivity contribution in [3.8, 4) is 0 Å². The van der Waals surface area contributed by atoms with E-state index < -0.39 is 0 Å². The van der Waals surface area contributed by atoms with Gasteiger partial charge in [-0.2, -0.15) is 4.98 Å². The minimum Gasteiger partial charge on any atom is -0.385 e. The van der Waals surface area contributed by atoms with E-state index in [1.54, 1.807) is 25.3 Å². The van der Waals surface area contributed by atoms with Crippen molar-refractivity contribution in [2.75, 3.05) is 30.9 Å². The van der Waals surface area contributed by atoms with E-state index >= 15 is 0 Å². The molecule has 0 bridgehead atoms. The maximum atomic E-state index is 6.22. The van der Waals surface area contributed by atoms with Crippen LogP contribution in [0.5, 0.6) is 0 Å². The van der Waals surface area contributed by atoms with Crippen LogP contribution in [0.2, 0.25) is 10.0 Å². The predicted octanol–water partition coefficient (Wildman–Crippen LogP) is 5.13. The number of aromatic nitrogens is 2. The fraction of sp³-hybridized carbons (Fsp3) is 0.222. The van der Waals surface area contributed by atoms with Gasteiger partial charge >= 0.3 is 0 Å². The van der Waals surface area contributed by atoms with Gasteiger partial charge in [-0.05, 0) is 36.8 Å². The zero-order valence-electron chi connectivity index (χ0n) is 13.7. The fourth-order valence-corrected chi connectivity index (χ4v) is 2.74. The Labute approximate surface area is 156 Å². The van der Waals surface area contributed by atoms with Gasteiger partial charge in [0.15, 0.2) is 0 Å². The van der Waals surface area contributed by atoms with E-state index in [1.165, 1.54) is 0 Å². The summed E-state index contributed by atoms with van der Waals surface area (Å²) in [4.78, 5) is 9.15. The molecule has 2 N–H and O–H groups in total. The summed E-state index contributed by atoms with van der Waals surface area (Å²) in [5.74, 6) is 1.22. The Morgan fingerprint density at radius 3 is 2.76 bits per heavy atom. The Kier molecular flexibility index (Phi) is 5.91. The average Bonchev–Trinajstić information content (AvgIpc) is 2.62. The van der Waals surface area contributed by atoms with Crippen molar-refractivity contribution in [3.05, 3.63) is 52.5 Å². The minimum atomic E-state index is 0.456. The largest absolute Gasteiger partial charge is 0.385 e. The van der Waals surface area contributed by atoms with Crippen LogP contribution < -0.4 is 10.6 Å². The molecule has 1 aromatic heterocycles. The van der Waals surface area contributed by atoms with Crippen molar-refractivity contribution in [1.29, 1.82) is 0 Å². The second-order valence-electron chi connectivity index (χ2n) is 5.44. The predicted molar refractivity (Wildman–Crippen MR) is 104 cm³/mol. The van der Waals surface area contributed by atoms with Crippen molar-refractivity contribution >= 4 is 51.6 Å². The van der Waals surface area contributed by atoms with Crippen molar-refractivity contribution in [2.24, 2.45) is 0 Å². The van der Waals surface area contributed by atoms with E-state index in [-0.39, 0.29) is 0 Å². The van der Waals surface area contributed by atoms with Gasteiger partial charge in [0.05, 0.1) is 16.2 Å². The number of fused-ring (bicyclic) bond motifs is 1. The van der Waals surface area contributed by atoms with Crippen molar-refractivity contribution < 1.29 is 4.74 Å². The molecule has 25 heavy (non-hydrogen) atoms. The molecule has 0 saturated carbocycles. The van der Waals surface area contributed by atoms with Gasteiger partial charge < -0.3 is 15.4 Å². The summed E-state index contributed by atoms with van der Waals surface area (Å²) in [6, 6.07) is 13.1. The molecule has 0 aliphatic carbocycles. The van der Waals surface area contributed by atoms with Crippen LogP contribution in [0, 0.1) is 0 Å². The van der Waals surface area contributed by atoms with Crippen LogP contribution >= 0.6 is 23.2 Å². The van der Waals surface area contributed by atoms with Gasteiger partial charge in [-0.25, -0.2) is 4.98 Å². The zero-order valence-corrected chi connectivity index (χ0v) is 15.2. The molecule has 0 fully saturated rings. The Morgan fingerprint density at radius 1 is 1.08 bits per heavy atom. The lowest BCUT2D eigenvalue weighted by Crippen LogP contribution is -2.08. The Bertz CT molecular complexity index is 873. The first-order valence-corrected chi connectivity index (χ1v) is 8.64. The summed E-state index contributed by atoms with van der Waals surface area (Å²) in [5, 5.41) is 8.59. The average molecular weight is 377 g/mol. The third-order valence-corrected chi connectivity index (χ3v) is 4.16. The summed E-state index contributed by atoms with van der Waals surface area (Å²) in [6.07, 6.45) is 0.887. The molecule has 0 saturated heterocycles. The first kappa shape index (κ1) is 17.7. The fourth-order valence-electron chi connectivity index (χ4n) is 2.40. The smallest absolute Gasteiger partial charge is 0.229 e. The molecule has 2 aromatic carbocycles. The topological polar surface area (TPSA) is 59.1 Å². The lowest BCUT2D eigenvalue weighted by molar-refractivity contribution is 0.198. The van der Waals surface area contributed by atoms with E-state index in [9.17, 15) is 0 Å². The van der Waals surface area contributed by atoms with Gasteiger partial charge in [-0.1, -0.05) is 35.3 Å². The molecule has 0 aliphatic rings. The van der Waals surface area contributed by atoms with E-state index in [1.807, 2.05) is 24.3 Å². The third-order valence-electron chi connectivity index (χ3n) is 3.60. The molecule has 130 valence electrons. The Balaban J connectivity index is 1.91. The first-order valence-electron chi connectivity index (χ1n) is 7.89. The molecule has 0 atom stereocenters. The van der Waals surface area contributed by atoms with Crippen LogP contribution in [-0.4, -0.2) is 30.2 Å². The number of hydrogen-bond acceptors (Lipinski definition) is 5. The van der Waals surface area contributed by atoms with Gasteiger partial charge in [0.1, 0.15) is 5.82 Å². The standard InChI is InChI=1S/C18H18Cl2N4O/c1-25-10-4-9-21-17-13-5-2-3-6-15(13)22-18(24-17)23-16-11-12(19)7-8-14(16)20/h2-3,5-8,11H,4,9-10H2,1H3,(H2,21,22,23,24). The molecule has 0 unspecified atom stereocenters. The minimum absolute atomic E-state index is 0.456. The SMILES string of the molecule is COCCCNc1nc(Nc2cc(Cl)ccc2Cl)nc2ccccc12. The molecule has 1 heterocycles. The van der Waals surface area contributed by atoms with Crippen LogP contribution in [0.3, 0.4) is 0 Å². The highest BCUT2D eigenvalue weighted by Crippen LogP contribution is 2.29. The summed E-state index contributed by atoms with van der Waals surface area (Å²) in [6.45, 7) is 1.45. The highest BCUT2D eigenvalue weighted by molar-refractivity contribution is 6.35. The molecule has 3 rings (SSSR count). The van der Waals surface area contributed by atoms with Crippen molar-refractivity contribution in [2.45, 2.75) is 6.42 Å². The highest BCUT2D eigenvalue weighted by Gasteiger charge is 2.09. The summed E-state index contributed by atoms with van der Waals surface area (Å²) < 4.78 is 5.08. The summed E-state index contributed by atoms with van der Waals surface area (Å²) in [7, 11) is 1.69. The number of methoxy groups -OCH3 is 1. The monoisotopic (exact) mass is 376 g/mol. The maximum absolute atomic E-state index is 6.22. The van der Waals surface area contributed by atoms with Gasteiger partial charge in [0, 0.05) is 30.7 Å². The molecule has 0 spiro atoms. The third kappa shape index (κ3) is 4.51. The molecule has 3 aromatic rings. The van der Waals surface area contributed by atoms with Gasteiger partial charge in [-0.3, -0.25) is 0 Å². The van der Waals surface area contributed by atoms with Gasteiger partial charge in [0.2, 0.25) is 5.95 Å². The first-order chi connectivity index (χ1) is 12.2. The number of rotatable bonds is 7. The molecule has 5 nitrogen and oxygen atoms in total. The van der Waals surface area contributed by atoms with Crippen molar-refractivity contribution in [1.82, 2.24) is 9.97 Å². The van der Waals surface area contributed by atoms with Gasteiger partial charge in [-0.15, -0.1) is 0 Å². The van der Waals surface area contributed by atoms with Crippen LogP contribution in [0.1, 0.15) is 6.42 Å². The quantitative estimate of drug-likeness (QED) is 0.559. The molecular weight excluding hydrogens is 359 g/mol. The second-order valence-corrected chi connectivity index (χ2v) is 6.28. The summed E-state index contributed by atoms with van der Waals surface area (Å²) in [5.41, 5.74) is 1.50. The normalized spacial score (nSPS) is 10.8. The highest BCUT2D eigenvalue weighted by atomic mass is 35.5. The molecule has 0 amide bonds. The lowest BCUT2D eigenvalue weighted by Gasteiger charge is -2.12. The number of benzene rings is 2. The number of nitrogens with one attached hydrogen (secondary N) is 2. The van der Waals surface area contributed by atoms with Crippen LogP contribution in [0.15, 0.2) is 42.5 Å². The Morgan fingerprint density at radius 2 is 1.92 bits per heavy atom. The number of halogens is 2.